The lowest BCUT2D eigenvalue weighted by Crippen LogP contribution is -2.39. The van der Waals surface area contributed by atoms with Crippen LogP contribution in [-0.4, -0.2) is 48.3 Å². The van der Waals surface area contributed by atoms with Gasteiger partial charge >= 0.3 is 5.97 Å². The van der Waals surface area contributed by atoms with Crippen LogP contribution in [0.1, 0.15) is 45.2 Å². The van der Waals surface area contributed by atoms with E-state index in [1.807, 2.05) is 42.4 Å². The molecule has 1 N–H and O–H groups in total. The predicted octanol–water partition coefficient (Wildman–Crippen LogP) is 4.41. The molecule has 0 saturated carbocycles. The molecule has 2 unspecified atom stereocenters. The molecule has 0 bridgehead atoms. The van der Waals surface area contributed by atoms with Crippen LogP contribution in [0.2, 0.25) is 5.02 Å². The Bertz CT molecular complexity index is 976. The fraction of sp³-hybridized carbons (Fsp3) is 0.435. The third kappa shape index (κ3) is 5.54. The molecule has 0 fully saturated rings. The number of benzene rings is 1. The smallest absolute Gasteiger partial charge is 0.338 e. The van der Waals surface area contributed by atoms with Crippen molar-refractivity contribution in [3.05, 3.63) is 57.2 Å². The number of methoxy groups -OCH3 is 1. The number of nitrogens with one attached hydrogen (secondary N) is 1. The SMILES string of the molecule is CCC(C)NC(=O)CC1=CSC2=NC(C)=C(C(=O)OCCOC)C(c3cccc(Cl)c3)N12. The number of rotatable bonds is 9. The molecule has 2 aliphatic heterocycles. The lowest BCUT2D eigenvalue weighted by molar-refractivity contribution is -0.141. The maximum absolute atomic E-state index is 13.1. The summed E-state index contributed by atoms with van der Waals surface area (Å²) in [5.74, 6) is -0.541. The first-order valence-corrected chi connectivity index (χ1v) is 11.8. The molecule has 2 heterocycles. The van der Waals surface area contributed by atoms with Crippen LogP contribution < -0.4 is 5.32 Å². The number of esters is 1. The van der Waals surface area contributed by atoms with Gasteiger partial charge in [-0.1, -0.05) is 42.4 Å². The third-order valence-electron chi connectivity index (χ3n) is 5.27. The maximum atomic E-state index is 13.1. The number of fused-ring (bicyclic) bond motifs is 1. The number of halogens is 1. The zero-order valence-corrected chi connectivity index (χ0v) is 20.3. The Labute approximate surface area is 197 Å². The molecule has 0 radical (unpaired) electrons. The van der Waals surface area contributed by atoms with E-state index >= 15 is 0 Å². The quantitative estimate of drug-likeness (QED) is 0.419. The van der Waals surface area contributed by atoms with Gasteiger partial charge in [0, 0.05) is 23.9 Å². The van der Waals surface area contributed by atoms with E-state index in [0.717, 1.165) is 17.7 Å². The fourth-order valence-corrected chi connectivity index (χ4v) is 4.67. The summed E-state index contributed by atoms with van der Waals surface area (Å²) in [6, 6.07) is 6.94. The normalized spacial score (nSPS) is 18.7. The minimum Gasteiger partial charge on any atom is -0.460 e. The first-order chi connectivity index (χ1) is 15.3. The molecule has 0 aliphatic carbocycles. The number of amides is 1. The first kappa shape index (κ1) is 24.4. The first-order valence-electron chi connectivity index (χ1n) is 10.5. The Morgan fingerprint density at radius 2 is 2.12 bits per heavy atom. The average Bonchev–Trinajstić information content (AvgIpc) is 3.14. The average molecular weight is 478 g/mol. The Morgan fingerprint density at radius 3 is 2.81 bits per heavy atom. The molecular weight excluding hydrogens is 450 g/mol. The summed E-state index contributed by atoms with van der Waals surface area (Å²) < 4.78 is 10.4. The van der Waals surface area contributed by atoms with Crippen LogP contribution in [0.15, 0.2) is 51.6 Å². The van der Waals surface area contributed by atoms with Crippen LogP contribution in [0, 0.1) is 0 Å². The number of allylic oxidation sites excluding steroid dienone is 1. The minimum atomic E-state index is -0.506. The van der Waals surface area contributed by atoms with Crippen molar-refractivity contribution >= 4 is 40.4 Å². The Hall–Kier alpha value is -2.29. The number of carbonyl (C=O) groups excluding carboxylic acids is 2. The van der Waals surface area contributed by atoms with Crippen LogP contribution in [-0.2, 0) is 19.1 Å². The molecule has 0 aromatic heterocycles. The molecule has 0 saturated heterocycles. The number of amidine groups is 1. The van der Waals surface area contributed by atoms with Gasteiger partial charge in [0.1, 0.15) is 6.61 Å². The zero-order valence-electron chi connectivity index (χ0n) is 18.7. The summed E-state index contributed by atoms with van der Waals surface area (Å²) in [4.78, 5) is 32.3. The van der Waals surface area contributed by atoms with E-state index in [0.29, 0.717) is 28.1 Å². The van der Waals surface area contributed by atoms with Crippen LogP contribution in [0.3, 0.4) is 0 Å². The summed E-state index contributed by atoms with van der Waals surface area (Å²) in [6.45, 7) is 6.23. The predicted molar refractivity (Wildman–Crippen MR) is 127 cm³/mol. The molecule has 2 aliphatic rings. The standard InChI is InChI=1S/C23H28ClN3O4S/c1-5-14(2)25-19(28)12-18-13-32-23-26-15(3)20(22(29)31-10-9-30-4)21(27(18)23)16-7-6-8-17(24)11-16/h6-8,11,13-14,21H,5,9-10,12H2,1-4H3,(H,25,28). The van der Waals surface area contributed by atoms with Crippen molar-refractivity contribution in [1.82, 2.24) is 10.2 Å². The van der Waals surface area contributed by atoms with Crippen LogP contribution in [0.25, 0.3) is 0 Å². The van der Waals surface area contributed by atoms with Gasteiger partial charge in [-0.3, -0.25) is 4.79 Å². The van der Waals surface area contributed by atoms with Gasteiger partial charge in [0.05, 0.1) is 30.3 Å². The maximum Gasteiger partial charge on any atom is 0.338 e. The topological polar surface area (TPSA) is 80.2 Å². The van der Waals surface area contributed by atoms with Crippen LogP contribution in [0.5, 0.6) is 0 Å². The highest BCUT2D eigenvalue weighted by atomic mass is 35.5. The van der Waals surface area contributed by atoms with Crippen LogP contribution >= 0.6 is 23.4 Å². The minimum absolute atomic E-state index is 0.0761. The van der Waals surface area contributed by atoms with E-state index in [1.54, 1.807) is 20.1 Å². The molecule has 7 nitrogen and oxygen atoms in total. The van der Waals surface area contributed by atoms with Crippen LogP contribution in [0.4, 0.5) is 0 Å². The van der Waals surface area contributed by atoms with E-state index in [-0.39, 0.29) is 25.0 Å². The molecule has 9 heteroatoms. The molecule has 0 spiro atoms. The van der Waals surface area contributed by atoms with Gasteiger partial charge in [-0.25, -0.2) is 9.79 Å². The monoisotopic (exact) mass is 477 g/mol. The fourth-order valence-electron chi connectivity index (χ4n) is 3.51. The second kappa shape index (κ2) is 11.0. The highest BCUT2D eigenvalue weighted by Gasteiger charge is 2.41. The number of hydrogen-bond donors (Lipinski definition) is 1. The number of thioether (sulfide) groups is 1. The van der Waals surface area contributed by atoms with Crippen molar-refractivity contribution in [3.8, 4) is 0 Å². The summed E-state index contributed by atoms with van der Waals surface area (Å²) in [5, 5.41) is 6.19. The highest BCUT2D eigenvalue weighted by Crippen LogP contribution is 2.45. The second-order valence-electron chi connectivity index (χ2n) is 7.63. The highest BCUT2D eigenvalue weighted by molar-refractivity contribution is 8.16. The van der Waals surface area contributed by atoms with Gasteiger partial charge in [0.25, 0.3) is 0 Å². The Balaban J connectivity index is 1.96. The van der Waals surface area contributed by atoms with Gasteiger partial charge in [0.15, 0.2) is 5.17 Å². The second-order valence-corrected chi connectivity index (χ2v) is 8.90. The van der Waals surface area contributed by atoms with Crippen molar-refractivity contribution < 1.29 is 19.1 Å². The molecule has 1 aromatic rings. The number of nitrogens with zero attached hydrogens (tertiary/aromatic N) is 2. The zero-order chi connectivity index (χ0) is 23.3. The van der Waals surface area contributed by atoms with Crippen molar-refractivity contribution in [1.29, 1.82) is 0 Å². The van der Waals surface area contributed by atoms with Crippen molar-refractivity contribution in [2.24, 2.45) is 4.99 Å². The van der Waals surface area contributed by atoms with Crippen molar-refractivity contribution in [3.63, 3.8) is 0 Å². The Morgan fingerprint density at radius 1 is 1.34 bits per heavy atom. The van der Waals surface area contributed by atoms with Gasteiger partial charge in [-0.2, -0.15) is 0 Å². The summed E-state index contributed by atoms with van der Waals surface area (Å²) >= 11 is 7.72. The van der Waals surface area contributed by atoms with Gasteiger partial charge in [0.2, 0.25) is 5.91 Å². The molecule has 2 atom stereocenters. The number of carbonyl (C=O) groups is 2. The van der Waals surface area contributed by atoms with E-state index in [1.165, 1.54) is 11.8 Å². The summed E-state index contributed by atoms with van der Waals surface area (Å²) in [7, 11) is 1.55. The Kier molecular flexibility index (Phi) is 8.39. The number of aliphatic imine (C=N–C) groups is 1. The molecule has 3 rings (SSSR count). The van der Waals surface area contributed by atoms with Crippen molar-refractivity contribution in [2.45, 2.75) is 45.7 Å². The third-order valence-corrected chi connectivity index (χ3v) is 6.39. The number of ether oxygens (including phenoxy) is 2. The lowest BCUT2D eigenvalue weighted by Gasteiger charge is -2.36. The van der Waals surface area contributed by atoms with Gasteiger partial charge in [-0.15, -0.1) is 0 Å². The van der Waals surface area contributed by atoms with E-state index in [2.05, 4.69) is 10.3 Å². The molecule has 1 amide bonds. The molecule has 1 aromatic carbocycles. The van der Waals surface area contributed by atoms with Gasteiger partial charge in [-0.05, 0) is 43.4 Å². The van der Waals surface area contributed by atoms with E-state index in [4.69, 9.17) is 21.1 Å². The van der Waals surface area contributed by atoms with Gasteiger partial charge < -0.3 is 19.7 Å². The van der Waals surface area contributed by atoms with E-state index in [9.17, 15) is 9.59 Å². The lowest BCUT2D eigenvalue weighted by atomic mass is 9.94. The van der Waals surface area contributed by atoms with E-state index < -0.39 is 12.0 Å². The molecular formula is C23H28ClN3O4S. The van der Waals surface area contributed by atoms with Crippen molar-refractivity contribution in [2.75, 3.05) is 20.3 Å². The number of hydrogen-bond acceptors (Lipinski definition) is 7. The molecule has 172 valence electrons. The summed E-state index contributed by atoms with van der Waals surface area (Å²) in [6.07, 6.45) is 1.03. The summed E-state index contributed by atoms with van der Waals surface area (Å²) in [5.41, 5.74) is 2.59. The molecule has 32 heavy (non-hydrogen) atoms. The largest absolute Gasteiger partial charge is 0.460 e.